The standard InChI is InChI=1S/C12H11F4N3O/c1-20-9-3-2-8(7(6-17)11(9)13)19-5-4-10(18-19)12(14,15)16/h2-5H,6,17H2,1H3. The minimum Gasteiger partial charge on any atom is -0.494 e. The van der Waals surface area contributed by atoms with Crippen molar-refractivity contribution in [1.29, 1.82) is 0 Å². The van der Waals surface area contributed by atoms with Gasteiger partial charge >= 0.3 is 6.18 Å². The molecule has 1 aromatic heterocycles. The van der Waals surface area contributed by atoms with E-state index >= 15 is 0 Å². The second-order valence-corrected chi connectivity index (χ2v) is 3.93. The molecule has 2 N–H and O–H groups in total. The fourth-order valence-electron chi connectivity index (χ4n) is 1.77. The Morgan fingerprint density at radius 3 is 2.50 bits per heavy atom. The molecule has 2 rings (SSSR count). The summed E-state index contributed by atoms with van der Waals surface area (Å²) in [7, 11) is 1.29. The largest absolute Gasteiger partial charge is 0.494 e. The summed E-state index contributed by atoms with van der Waals surface area (Å²) in [5.74, 6) is -0.742. The van der Waals surface area contributed by atoms with Gasteiger partial charge in [0, 0.05) is 18.3 Å². The van der Waals surface area contributed by atoms with Crippen LogP contribution in [-0.2, 0) is 12.7 Å². The van der Waals surface area contributed by atoms with Crippen molar-refractivity contribution in [2.24, 2.45) is 5.73 Å². The first-order valence-electron chi connectivity index (χ1n) is 5.57. The molecular formula is C12H11F4N3O. The number of ether oxygens (including phenoxy) is 1. The van der Waals surface area contributed by atoms with Gasteiger partial charge in [0.1, 0.15) is 0 Å². The Morgan fingerprint density at radius 1 is 1.30 bits per heavy atom. The number of alkyl halides is 3. The Morgan fingerprint density at radius 2 is 2.00 bits per heavy atom. The summed E-state index contributed by atoms with van der Waals surface area (Å²) < 4.78 is 57.2. The van der Waals surface area contributed by atoms with Gasteiger partial charge in [0.2, 0.25) is 0 Å². The number of hydrogen-bond donors (Lipinski definition) is 1. The number of nitrogens with zero attached hydrogens (tertiary/aromatic N) is 2. The molecule has 0 aliphatic rings. The van der Waals surface area contributed by atoms with E-state index in [1.54, 1.807) is 0 Å². The minimum atomic E-state index is -4.56. The van der Waals surface area contributed by atoms with Gasteiger partial charge in [-0.3, -0.25) is 0 Å². The van der Waals surface area contributed by atoms with Crippen LogP contribution in [0.25, 0.3) is 5.69 Å². The average Bonchev–Trinajstić information content (AvgIpc) is 2.87. The number of benzene rings is 1. The molecule has 4 nitrogen and oxygen atoms in total. The number of halogens is 4. The van der Waals surface area contributed by atoms with Crippen LogP contribution in [0.2, 0.25) is 0 Å². The lowest BCUT2D eigenvalue weighted by Crippen LogP contribution is -2.11. The van der Waals surface area contributed by atoms with E-state index in [0.717, 1.165) is 16.9 Å². The predicted octanol–water partition coefficient (Wildman–Crippen LogP) is 2.50. The van der Waals surface area contributed by atoms with Gasteiger partial charge in [-0.25, -0.2) is 9.07 Å². The van der Waals surface area contributed by atoms with Crippen LogP contribution in [0.1, 0.15) is 11.3 Å². The van der Waals surface area contributed by atoms with E-state index in [2.05, 4.69) is 5.10 Å². The molecule has 1 heterocycles. The van der Waals surface area contributed by atoms with Crippen LogP contribution in [-0.4, -0.2) is 16.9 Å². The first-order valence-corrected chi connectivity index (χ1v) is 5.57. The van der Waals surface area contributed by atoms with Crippen LogP contribution in [0.5, 0.6) is 5.75 Å². The summed E-state index contributed by atoms with van der Waals surface area (Å²) >= 11 is 0. The van der Waals surface area contributed by atoms with Crippen LogP contribution < -0.4 is 10.5 Å². The average molecular weight is 289 g/mol. The third-order valence-electron chi connectivity index (χ3n) is 2.73. The highest BCUT2D eigenvalue weighted by molar-refractivity contribution is 5.47. The zero-order chi connectivity index (χ0) is 14.9. The zero-order valence-electron chi connectivity index (χ0n) is 10.4. The van der Waals surface area contributed by atoms with Crippen LogP contribution in [0, 0.1) is 5.82 Å². The Kier molecular flexibility index (Phi) is 3.67. The molecule has 8 heteroatoms. The molecule has 0 aliphatic carbocycles. The van der Waals surface area contributed by atoms with Gasteiger partial charge in [0.15, 0.2) is 17.3 Å². The van der Waals surface area contributed by atoms with Crippen molar-refractivity contribution in [2.45, 2.75) is 12.7 Å². The summed E-state index contributed by atoms with van der Waals surface area (Å²) in [5, 5.41) is 3.39. The van der Waals surface area contributed by atoms with Gasteiger partial charge in [-0.2, -0.15) is 18.3 Å². The zero-order valence-corrected chi connectivity index (χ0v) is 10.4. The molecule has 2 aromatic rings. The molecular weight excluding hydrogens is 278 g/mol. The molecule has 0 bridgehead atoms. The maximum Gasteiger partial charge on any atom is 0.435 e. The Balaban J connectivity index is 2.53. The van der Waals surface area contributed by atoms with Crippen molar-refractivity contribution in [1.82, 2.24) is 9.78 Å². The summed E-state index contributed by atoms with van der Waals surface area (Å²) in [6, 6.07) is 3.51. The molecule has 0 aliphatic heterocycles. The molecule has 0 amide bonds. The maximum atomic E-state index is 14.0. The summed E-state index contributed by atoms with van der Waals surface area (Å²) in [5.41, 5.74) is 4.56. The number of hydrogen-bond acceptors (Lipinski definition) is 3. The van der Waals surface area contributed by atoms with Crippen LogP contribution in [0.4, 0.5) is 17.6 Å². The second kappa shape index (κ2) is 5.12. The highest BCUT2D eigenvalue weighted by Crippen LogP contribution is 2.30. The van der Waals surface area contributed by atoms with Crippen LogP contribution in [0.15, 0.2) is 24.4 Å². The molecule has 1 aromatic carbocycles. The second-order valence-electron chi connectivity index (χ2n) is 3.93. The van der Waals surface area contributed by atoms with Gasteiger partial charge < -0.3 is 10.5 Å². The van der Waals surface area contributed by atoms with Crippen molar-refractivity contribution >= 4 is 0 Å². The highest BCUT2D eigenvalue weighted by atomic mass is 19.4. The smallest absolute Gasteiger partial charge is 0.435 e. The van der Waals surface area contributed by atoms with E-state index in [4.69, 9.17) is 10.5 Å². The summed E-state index contributed by atoms with van der Waals surface area (Å²) in [4.78, 5) is 0. The Bertz CT molecular complexity index is 622. The van der Waals surface area contributed by atoms with Crippen molar-refractivity contribution in [3.05, 3.63) is 41.5 Å². The van der Waals surface area contributed by atoms with E-state index in [9.17, 15) is 17.6 Å². The van der Waals surface area contributed by atoms with Gasteiger partial charge in [-0.15, -0.1) is 0 Å². The maximum absolute atomic E-state index is 14.0. The van der Waals surface area contributed by atoms with E-state index < -0.39 is 17.7 Å². The predicted molar refractivity (Wildman–Crippen MR) is 63.0 cm³/mol. The van der Waals surface area contributed by atoms with E-state index in [0.29, 0.717) is 0 Å². The third-order valence-corrected chi connectivity index (χ3v) is 2.73. The number of rotatable bonds is 3. The summed E-state index contributed by atoms with van der Waals surface area (Å²) in [6.07, 6.45) is -3.46. The molecule has 0 unspecified atom stereocenters. The molecule has 0 fully saturated rings. The quantitative estimate of drug-likeness (QED) is 0.883. The number of methoxy groups -OCH3 is 1. The molecule has 108 valence electrons. The lowest BCUT2D eigenvalue weighted by molar-refractivity contribution is -0.141. The Hall–Kier alpha value is -2.09. The molecule has 0 saturated carbocycles. The highest BCUT2D eigenvalue weighted by Gasteiger charge is 2.33. The van der Waals surface area contributed by atoms with Crippen molar-refractivity contribution in [3.8, 4) is 11.4 Å². The Labute approximate surface area is 111 Å². The van der Waals surface area contributed by atoms with Crippen LogP contribution >= 0.6 is 0 Å². The van der Waals surface area contributed by atoms with Gasteiger partial charge in [-0.05, 0) is 18.2 Å². The normalized spacial score (nSPS) is 11.7. The topological polar surface area (TPSA) is 53.1 Å². The van der Waals surface area contributed by atoms with Crippen LogP contribution in [0.3, 0.4) is 0 Å². The van der Waals surface area contributed by atoms with Gasteiger partial charge in [-0.1, -0.05) is 0 Å². The van der Waals surface area contributed by atoms with Crippen molar-refractivity contribution in [3.63, 3.8) is 0 Å². The molecule has 0 atom stereocenters. The summed E-state index contributed by atoms with van der Waals surface area (Å²) in [6.45, 7) is -0.195. The first kappa shape index (κ1) is 14.3. The van der Waals surface area contributed by atoms with Crippen molar-refractivity contribution in [2.75, 3.05) is 7.11 Å². The molecule has 0 radical (unpaired) electrons. The van der Waals surface area contributed by atoms with Gasteiger partial charge in [0.25, 0.3) is 0 Å². The van der Waals surface area contributed by atoms with E-state index in [1.807, 2.05) is 0 Å². The molecule has 0 spiro atoms. The molecule has 0 saturated heterocycles. The van der Waals surface area contributed by atoms with Crippen molar-refractivity contribution < 1.29 is 22.3 Å². The van der Waals surface area contributed by atoms with E-state index in [-0.39, 0.29) is 23.5 Å². The van der Waals surface area contributed by atoms with Gasteiger partial charge in [0.05, 0.1) is 12.8 Å². The fourth-order valence-corrected chi connectivity index (χ4v) is 1.77. The molecule has 20 heavy (non-hydrogen) atoms. The number of nitrogens with two attached hydrogens (primary N) is 1. The monoisotopic (exact) mass is 289 g/mol. The lowest BCUT2D eigenvalue weighted by atomic mass is 10.1. The third kappa shape index (κ3) is 2.46. The van der Waals surface area contributed by atoms with E-state index in [1.165, 1.54) is 19.2 Å². The first-order chi connectivity index (χ1) is 9.38. The number of aromatic nitrogens is 2. The SMILES string of the molecule is COc1ccc(-n2ccc(C(F)(F)F)n2)c(CN)c1F. The lowest BCUT2D eigenvalue weighted by Gasteiger charge is -2.12. The minimum absolute atomic E-state index is 0.0289. The fraction of sp³-hybridized carbons (Fsp3) is 0.250.